The molecule has 0 saturated heterocycles. The van der Waals surface area contributed by atoms with Gasteiger partial charge < -0.3 is 5.32 Å². The summed E-state index contributed by atoms with van der Waals surface area (Å²) >= 11 is 0. The summed E-state index contributed by atoms with van der Waals surface area (Å²) in [5.74, 6) is 0.481. The highest BCUT2D eigenvalue weighted by molar-refractivity contribution is 5.93. The molecule has 6 heteroatoms. The van der Waals surface area contributed by atoms with Crippen molar-refractivity contribution in [3.8, 4) is 5.69 Å². The van der Waals surface area contributed by atoms with E-state index in [0.29, 0.717) is 17.9 Å². The number of benzene rings is 1. The smallest absolute Gasteiger partial charge is 0.253 e. The first-order valence-corrected chi connectivity index (χ1v) is 6.89. The van der Waals surface area contributed by atoms with Crippen LogP contribution >= 0.6 is 0 Å². The summed E-state index contributed by atoms with van der Waals surface area (Å²) in [4.78, 5) is 16.2. The molecule has 0 aliphatic heterocycles. The van der Waals surface area contributed by atoms with Gasteiger partial charge >= 0.3 is 0 Å². The van der Waals surface area contributed by atoms with E-state index < -0.39 is 0 Å². The maximum absolute atomic E-state index is 12.1. The number of carbonyl (C=O) groups is 1. The van der Waals surface area contributed by atoms with Crippen LogP contribution in [0.1, 0.15) is 21.9 Å². The number of hydrogen-bond acceptors (Lipinski definition) is 4. The summed E-state index contributed by atoms with van der Waals surface area (Å²) in [7, 11) is 0. The van der Waals surface area contributed by atoms with Crippen LogP contribution in [-0.4, -0.2) is 25.7 Å². The molecule has 22 heavy (non-hydrogen) atoms. The van der Waals surface area contributed by atoms with E-state index in [-0.39, 0.29) is 5.91 Å². The minimum Gasteiger partial charge on any atom is -0.345 e. The lowest BCUT2D eigenvalue weighted by Gasteiger charge is -2.08. The first kappa shape index (κ1) is 13.9. The number of aromatic nitrogens is 4. The number of pyridine rings is 1. The molecule has 2 heterocycles. The van der Waals surface area contributed by atoms with Crippen molar-refractivity contribution in [2.75, 3.05) is 0 Å². The Morgan fingerprint density at radius 1 is 1.18 bits per heavy atom. The van der Waals surface area contributed by atoms with Gasteiger partial charge in [-0.1, -0.05) is 18.2 Å². The Hall–Kier alpha value is -3.02. The number of carbonyl (C=O) groups excluding carboxylic acids is 1. The predicted octanol–water partition coefficient (Wildman–Crippen LogP) is 1.90. The summed E-state index contributed by atoms with van der Waals surface area (Å²) in [6.45, 7) is 2.17. The van der Waals surface area contributed by atoms with E-state index >= 15 is 0 Å². The molecule has 3 aromatic rings. The van der Waals surface area contributed by atoms with Crippen molar-refractivity contribution < 1.29 is 4.79 Å². The first-order chi connectivity index (χ1) is 10.7. The van der Waals surface area contributed by atoms with Crippen LogP contribution in [0.5, 0.6) is 0 Å². The van der Waals surface area contributed by atoms with Crippen molar-refractivity contribution in [2.45, 2.75) is 13.5 Å². The van der Waals surface area contributed by atoms with Crippen LogP contribution in [0, 0.1) is 6.92 Å². The average molecular weight is 293 g/mol. The van der Waals surface area contributed by atoms with E-state index in [4.69, 9.17) is 0 Å². The molecule has 0 saturated carbocycles. The highest BCUT2D eigenvalue weighted by atomic mass is 16.1. The number of rotatable bonds is 4. The van der Waals surface area contributed by atoms with Crippen LogP contribution in [0.4, 0.5) is 0 Å². The lowest BCUT2D eigenvalue weighted by molar-refractivity contribution is 0.0949. The molecule has 0 bridgehead atoms. The predicted molar refractivity (Wildman–Crippen MR) is 81.5 cm³/mol. The molecule has 110 valence electrons. The number of aryl methyl sites for hydroxylation is 1. The van der Waals surface area contributed by atoms with Crippen LogP contribution in [0.3, 0.4) is 0 Å². The summed E-state index contributed by atoms with van der Waals surface area (Å²) in [6.07, 6.45) is 3.19. The molecule has 0 spiro atoms. The van der Waals surface area contributed by atoms with E-state index in [1.54, 1.807) is 24.7 Å². The van der Waals surface area contributed by atoms with E-state index in [2.05, 4.69) is 20.5 Å². The topological polar surface area (TPSA) is 72.7 Å². The summed E-state index contributed by atoms with van der Waals surface area (Å²) in [5, 5.41) is 10.8. The van der Waals surface area contributed by atoms with Gasteiger partial charge in [0.2, 0.25) is 0 Å². The highest BCUT2D eigenvalue weighted by Gasteiger charge is 2.09. The lowest BCUT2D eigenvalue weighted by Crippen LogP contribution is -2.24. The fourth-order valence-electron chi connectivity index (χ4n) is 2.05. The summed E-state index contributed by atoms with van der Waals surface area (Å²) in [6, 6.07) is 13.3. The van der Waals surface area contributed by atoms with Gasteiger partial charge in [-0.15, -0.1) is 10.2 Å². The van der Waals surface area contributed by atoms with Crippen molar-refractivity contribution >= 4 is 5.91 Å². The number of nitrogens with one attached hydrogen (secondary N) is 1. The Labute approximate surface area is 127 Å². The standard InChI is InChI=1S/C16H15N5O/c1-12-7-8-13(9-17-12)16(22)18-10-15-20-19-11-21(15)14-5-3-2-4-6-14/h2-9,11H,10H2,1H3,(H,18,22). The molecule has 1 aromatic carbocycles. The van der Waals surface area contributed by atoms with Gasteiger partial charge in [0.05, 0.1) is 12.1 Å². The minimum absolute atomic E-state index is 0.185. The van der Waals surface area contributed by atoms with Gasteiger partial charge in [-0.3, -0.25) is 14.3 Å². The van der Waals surface area contributed by atoms with Crippen LogP contribution in [0.25, 0.3) is 5.69 Å². The van der Waals surface area contributed by atoms with Crippen LogP contribution < -0.4 is 5.32 Å². The Balaban J connectivity index is 1.71. The lowest BCUT2D eigenvalue weighted by atomic mass is 10.2. The summed E-state index contributed by atoms with van der Waals surface area (Å²) < 4.78 is 1.84. The molecule has 2 aromatic heterocycles. The van der Waals surface area contributed by atoms with E-state index in [1.807, 2.05) is 41.8 Å². The molecular weight excluding hydrogens is 278 g/mol. The number of para-hydroxylation sites is 1. The molecule has 0 unspecified atom stereocenters. The number of nitrogens with zero attached hydrogens (tertiary/aromatic N) is 4. The van der Waals surface area contributed by atoms with Crippen molar-refractivity contribution in [3.05, 3.63) is 72.1 Å². The second-order valence-electron chi connectivity index (χ2n) is 4.82. The van der Waals surface area contributed by atoms with E-state index in [0.717, 1.165) is 11.4 Å². The van der Waals surface area contributed by atoms with Crippen LogP contribution in [-0.2, 0) is 6.54 Å². The third-order valence-corrected chi connectivity index (χ3v) is 3.23. The van der Waals surface area contributed by atoms with E-state index in [1.165, 1.54) is 0 Å². The highest BCUT2D eigenvalue weighted by Crippen LogP contribution is 2.09. The largest absolute Gasteiger partial charge is 0.345 e. The maximum Gasteiger partial charge on any atom is 0.253 e. The molecule has 1 amide bonds. The van der Waals surface area contributed by atoms with Crippen LogP contribution in [0.15, 0.2) is 55.0 Å². The molecule has 3 rings (SSSR count). The zero-order valence-corrected chi connectivity index (χ0v) is 12.1. The van der Waals surface area contributed by atoms with Gasteiger partial charge in [0.1, 0.15) is 6.33 Å². The molecule has 0 aliphatic rings. The Kier molecular flexibility index (Phi) is 3.91. The SMILES string of the molecule is Cc1ccc(C(=O)NCc2nncn2-c2ccccc2)cn1. The Morgan fingerprint density at radius 3 is 2.73 bits per heavy atom. The third-order valence-electron chi connectivity index (χ3n) is 3.23. The molecule has 0 radical (unpaired) electrons. The quantitative estimate of drug-likeness (QED) is 0.797. The second-order valence-corrected chi connectivity index (χ2v) is 4.82. The molecule has 1 N–H and O–H groups in total. The summed E-state index contributed by atoms with van der Waals surface area (Å²) in [5.41, 5.74) is 2.35. The fraction of sp³-hybridized carbons (Fsp3) is 0.125. The van der Waals surface area contributed by atoms with Gasteiger partial charge in [-0.2, -0.15) is 0 Å². The third kappa shape index (κ3) is 3.01. The average Bonchev–Trinajstić information content (AvgIpc) is 3.02. The minimum atomic E-state index is -0.185. The monoisotopic (exact) mass is 293 g/mol. The Morgan fingerprint density at radius 2 is 2.00 bits per heavy atom. The van der Waals surface area contributed by atoms with Crippen molar-refractivity contribution in [2.24, 2.45) is 0 Å². The van der Waals surface area contributed by atoms with Gasteiger partial charge in [0, 0.05) is 17.6 Å². The molecule has 0 fully saturated rings. The molecule has 0 atom stereocenters. The van der Waals surface area contributed by atoms with Crippen LogP contribution in [0.2, 0.25) is 0 Å². The van der Waals surface area contributed by atoms with Crippen molar-refractivity contribution in [1.29, 1.82) is 0 Å². The zero-order valence-electron chi connectivity index (χ0n) is 12.1. The molecule has 0 aliphatic carbocycles. The zero-order chi connectivity index (χ0) is 15.4. The van der Waals surface area contributed by atoms with Crippen molar-refractivity contribution in [3.63, 3.8) is 0 Å². The van der Waals surface area contributed by atoms with Crippen molar-refractivity contribution in [1.82, 2.24) is 25.1 Å². The first-order valence-electron chi connectivity index (χ1n) is 6.89. The van der Waals surface area contributed by atoms with Gasteiger partial charge in [0.25, 0.3) is 5.91 Å². The Bertz CT molecular complexity index is 765. The normalized spacial score (nSPS) is 10.4. The maximum atomic E-state index is 12.1. The molecule has 6 nitrogen and oxygen atoms in total. The fourth-order valence-corrected chi connectivity index (χ4v) is 2.05. The van der Waals surface area contributed by atoms with Gasteiger partial charge in [0.15, 0.2) is 5.82 Å². The molecular formula is C16H15N5O. The van der Waals surface area contributed by atoms with Gasteiger partial charge in [-0.05, 0) is 31.2 Å². The van der Waals surface area contributed by atoms with Gasteiger partial charge in [-0.25, -0.2) is 0 Å². The number of hydrogen-bond donors (Lipinski definition) is 1. The van der Waals surface area contributed by atoms with E-state index in [9.17, 15) is 4.79 Å². The second kappa shape index (κ2) is 6.17. The number of amides is 1.